The predicted molar refractivity (Wildman–Crippen MR) is 35.8 cm³/mol. The van der Waals surface area contributed by atoms with E-state index < -0.39 is 5.97 Å². The van der Waals surface area contributed by atoms with Crippen molar-refractivity contribution < 1.29 is 28.8 Å². The average Bonchev–Trinajstić information content (AvgIpc) is 1.94. The number of carboxylic acid groups (broad SMARTS) is 1. The normalized spacial score (nSPS) is 8.83. The fourth-order valence-corrected chi connectivity index (χ4v) is 0.731. The van der Waals surface area contributed by atoms with Crippen molar-refractivity contribution in [2.24, 2.45) is 0 Å². The van der Waals surface area contributed by atoms with E-state index in [1.165, 1.54) is 6.20 Å². The molecule has 12 heavy (non-hydrogen) atoms. The Bertz CT molecular complexity index is 301. The number of carbonyl (C=O) groups excluding carboxylic acids is 1. The van der Waals surface area contributed by atoms with Crippen LogP contribution in [0, 0.1) is 13.8 Å². The molecule has 0 saturated carbocycles. The van der Waals surface area contributed by atoms with Gasteiger partial charge in [0.25, 0.3) is 0 Å². The van der Waals surface area contributed by atoms with Gasteiger partial charge in [-0.15, -0.1) is 0 Å². The molecule has 0 spiro atoms. The van der Waals surface area contributed by atoms with Gasteiger partial charge >= 0.3 is 18.9 Å². The van der Waals surface area contributed by atoms with Crippen LogP contribution in [-0.4, -0.2) is 15.9 Å². The third-order valence-electron chi connectivity index (χ3n) is 1.27. The zero-order valence-electron chi connectivity index (χ0n) is 7.29. The standard InChI is InChI=1S/C7H8N2O2.Li/c1-4-3-8-5(2)6(9-4)7(10)11;/h3H,1-2H3,(H,10,11);/q;+1/p-1. The van der Waals surface area contributed by atoms with Gasteiger partial charge in [-0.2, -0.15) is 0 Å². The van der Waals surface area contributed by atoms with Crippen LogP contribution in [0.5, 0.6) is 0 Å². The molecule has 0 aliphatic carbocycles. The molecule has 0 radical (unpaired) electrons. The molecule has 0 saturated heterocycles. The van der Waals surface area contributed by atoms with Crippen molar-refractivity contribution in [3.05, 3.63) is 23.3 Å². The van der Waals surface area contributed by atoms with Gasteiger partial charge in [-0.25, -0.2) is 4.98 Å². The van der Waals surface area contributed by atoms with E-state index in [9.17, 15) is 9.90 Å². The Hall–Kier alpha value is -0.853. The average molecular weight is 158 g/mol. The molecule has 1 heterocycles. The summed E-state index contributed by atoms with van der Waals surface area (Å²) in [6, 6.07) is 0. The number of aromatic carboxylic acids is 1. The molecule has 0 amide bonds. The van der Waals surface area contributed by atoms with Gasteiger partial charge in [-0.3, -0.25) is 4.98 Å². The second-order valence-corrected chi connectivity index (χ2v) is 2.23. The van der Waals surface area contributed by atoms with Crippen molar-refractivity contribution in [2.45, 2.75) is 13.8 Å². The zero-order valence-corrected chi connectivity index (χ0v) is 7.29. The molecular formula is C7H7LiN2O2. The molecule has 0 unspecified atom stereocenters. The molecule has 0 aliphatic rings. The topological polar surface area (TPSA) is 65.9 Å². The van der Waals surface area contributed by atoms with Gasteiger partial charge in [-0.05, 0) is 13.8 Å². The van der Waals surface area contributed by atoms with Crippen LogP contribution in [0.4, 0.5) is 0 Å². The summed E-state index contributed by atoms with van der Waals surface area (Å²) >= 11 is 0. The van der Waals surface area contributed by atoms with E-state index in [-0.39, 0.29) is 24.6 Å². The molecule has 1 rings (SSSR count). The SMILES string of the molecule is Cc1cnc(C)c(C(=O)[O-])n1.[Li+]. The fraction of sp³-hybridized carbons (Fsp3) is 0.286. The van der Waals surface area contributed by atoms with Gasteiger partial charge in [0.15, 0.2) is 0 Å². The largest absolute Gasteiger partial charge is 1.00 e. The van der Waals surface area contributed by atoms with Crippen LogP contribution in [0.15, 0.2) is 6.20 Å². The molecule has 4 nitrogen and oxygen atoms in total. The minimum atomic E-state index is -1.28. The maximum atomic E-state index is 10.4. The summed E-state index contributed by atoms with van der Waals surface area (Å²) in [6.45, 7) is 3.26. The minimum Gasteiger partial charge on any atom is -0.543 e. The Morgan fingerprint density at radius 2 is 2.08 bits per heavy atom. The van der Waals surface area contributed by atoms with E-state index in [0.717, 1.165) is 0 Å². The first kappa shape index (κ1) is 11.1. The van der Waals surface area contributed by atoms with Crippen molar-refractivity contribution in [1.82, 2.24) is 9.97 Å². The van der Waals surface area contributed by atoms with Gasteiger partial charge in [0.1, 0.15) is 5.69 Å². The number of aromatic nitrogens is 2. The van der Waals surface area contributed by atoms with Gasteiger partial charge in [-0.1, -0.05) is 0 Å². The first-order valence-corrected chi connectivity index (χ1v) is 3.13. The van der Waals surface area contributed by atoms with Crippen LogP contribution in [0.25, 0.3) is 0 Å². The second kappa shape index (κ2) is 4.24. The van der Waals surface area contributed by atoms with Crippen LogP contribution in [0.3, 0.4) is 0 Å². The van der Waals surface area contributed by atoms with Gasteiger partial charge < -0.3 is 9.90 Å². The van der Waals surface area contributed by atoms with Crippen LogP contribution in [0.1, 0.15) is 21.9 Å². The summed E-state index contributed by atoms with van der Waals surface area (Å²) in [5.74, 6) is -1.28. The molecule has 1 aromatic rings. The molecule has 5 heteroatoms. The van der Waals surface area contributed by atoms with E-state index in [2.05, 4.69) is 9.97 Å². The molecule has 0 fully saturated rings. The number of hydrogen-bond donors (Lipinski definition) is 0. The van der Waals surface area contributed by atoms with Crippen LogP contribution in [0.2, 0.25) is 0 Å². The van der Waals surface area contributed by atoms with E-state index >= 15 is 0 Å². The first-order chi connectivity index (χ1) is 5.11. The zero-order chi connectivity index (χ0) is 8.43. The smallest absolute Gasteiger partial charge is 0.543 e. The summed E-state index contributed by atoms with van der Waals surface area (Å²) < 4.78 is 0. The molecular weight excluding hydrogens is 151 g/mol. The number of hydrogen-bond acceptors (Lipinski definition) is 4. The number of nitrogens with zero attached hydrogens (tertiary/aromatic N) is 2. The number of aryl methyl sites for hydroxylation is 2. The van der Waals surface area contributed by atoms with E-state index in [1.807, 2.05) is 0 Å². The Morgan fingerprint density at radius 3 is 2.50 bits per heavy atom. The first-order valence-electron chi connectivity index (χ1n) is 3.13. The Labute approximate surface area is 82.2 Å². The fourth-order valence-electron chi connectivity index (χ4n) is 0.731. The van der Waals surface area contributed by atoms with E-state index in [1.54, 1.807) is 13.8 Å². The molecule has 0 N–H and O–H groups in total. The van der Waals surface area contributed by atoms with Gasteiger partial charge in [0.05, 0.1) is 17.4 Å². The summed E-state index contributed by atoms with van der Waals surface area (Å²) in [5.41, 5.74) is 0.885. The number of carboxylic acids is 1. The third-order valence-corrected chi connectivity index (χ3v) is 1.27. The summed E-state index contributed by atoms with van der Waals surface area (Å²) in [6.07, 6.45) is 1.52. The minimum absolute atomic E-state index is 0. The van der Waals surface area contributed by atoms with Crippen LogP contribution in [-0.2, 0) is 0 Å². The number of rotatable bonds is 1. The molecule has 0 aliphatic heterocycles. The predicted octanol–water partition coefficient (Wildman–Crippen LogP) is -3.54. The number of carbonyl (C=O) groups is 1. The molecule has 0 bridgehead atoms. The Kier molecular flexibility index (Phi) is 3.94. The van der Waals surface area contributed by atoms with Crippen molar-refractivity contribution in [1.29, 1.82) is 0 Å². The summed E-state index contributed by atoms with van der Waals surface area (Å²) in [4.78, 5) is 17.9. The van der Waals surface area contributed by atoms with E-state index in [0.29, 0.717) is 11.4 Å². The molecule has 1 aromatic heterocycles. The van der Waals surface area contributed by atoms with Crippen molar-refractivity contribution in [3.63, 3.8) is 0 Å². The van der Waals surface area contributed by atoms with Crippen molar-refractivity contribution in [3.8, 4) is 0 Å². The Balaban J connectivity index is 0.00000121. The molecule has 0 aromatic carbocycles. The van der Waals surface area contributed by atoms with Gasteiger partial charge in [0.2, 0.25) is 0 Å². The monoisotopic (exact) mass is 158 g/mol. The maximum Gasteiger partial charge on any atom is 1.00 e. The molecule has 0 atom stereocenters. The summed E-state index contributed by atoms with van der Waals surface area (Å²) in [7, 11) is 0. The third kappa shape index (κ3) is 2.33. The Morgan fingerprint density at radius 1 is 1.50 bits per heavy atom. The second-order valence-electron chi connectivity index (χ2n) is 2.23. The van der Waals surface area contributed by atoms with Crippen LogP contribution >= 0.6 is 0 Å². The quantitative estimate of drug-likeness (QED) is 0.397. The molecule has 58 valence electrons. The van der Waals surface area contributed by atoms with Crippen LogP contribution < -0.4 is 24.0 Å². The van der Waals surface area contributed by atoms with Crippen molar-refractivity contribution in [2.75, 3.05) is 0 Å². The van der Waals surface area contributed by atoms with Gasteiger partial charge in [0, 0.05) is 6.20 Å². The maximum absolute atomic E-state index is 10.4. The van der Waals surface area contributed by atoms with Crippen molar-refractivity contribution >= 4 is 5.97 Å². The van der Waals surface area contributed by atoms with E-state index in [4.69, 9.17) is 0 Å². The summed E-state index contributed by atoms with van der Waals surface area (Å²) in [5, 5.41) is 10.4.